The van der Waals surface area contributed by atoms with Crippen LogP contribution in [-0.4, -0.2) is 71.3 Å². The number of aliphatic hydroxyl groups excluding tert-OH is 1. The summed E-state index contributed by atoms with van der Waals surface area (Å²) in [6.45, 7) is 6.51. The number of ether oxygens (including phenoxy) is 1. The van der Waals surface area contributed by atoms with Gasteiger partial charge in [0.25, 0.3) is 0 Å². The minimum atomic E-state index is -0.508. The van der Waals surface area contributed by atoms with E-state index in [1.807, 2.05) is 61.3 Å². The first-order valence-corrected chi connectivity index (χ1v) is 12.1. The lowest BCUT2D eigenvalue weighted by atomic mass is 10.0. The highest BCUT2D eigenvalue weighted by Gasteiger charge is 2.29. The molecule has 0 bridgehead atoms. The van der Waals surface area contributed by atoms with Crippen molar-refractivity contribution in [2.24, 2.45) is 0 Å². The van der Waals surface area contributed by atoms with Gasteiger partial charge in [0.2, 0.25) is 5.91 Å². The standard InChI is InChI=1S/C27H36ClN3O3/c1-27(2,20-32)31(14-6-16-34-3)19-26(33)30(18-21-9-11-23(28)12-10-21)15-13-22-17-29-25-8-5-4-7-24(22)25/h4-5,7-12,17,29,32H,6,13-16,18-20H2,1-3H3. The van der Waals surface area contributed by atoms with Crippen molar-refractivity contribution in [3.8, 4) is 0 Å². The fourth-order valence-electron chi connectivity index (χ4n) is 4.05. The third-order valence-corrected chi connectivity index (χ3v) is 6.56. The van der Waals surface area contributed by atoms with Gasteiger partial charge in [0.05, 0.1) is 13.2 Å². The number of carbonyl (C=O) groups is 1. The second-order valence-corrected chi connectivity index (χ2v) is 9.73. The molecule has 0 fully saturated rings. The number of halogens is 1. The number of nitrogens with one attached hydrogen (secondary N) is 1. The van der Waals surface area contributed by atoms with Crippen molar-refractivity contribution in [3.05, 3.63) is 70.9 Å². The van der Waals surface area contributed by atoms with E-state index in [2.05, 4.69) is 22.0 Å². The Morgan fingerprint density at radius 2 is 1.85 bits per heavy atom. The zero-order valence-corrected chi connectivity index (χ0v) is 21.1. The largest absolute Gasteiger partial charge is 0.394 e. The molecule has 0 spiro atoms. The predicted molar refractivity (Wildman–Crippen MR) is 138 cm³/mol. The molecular weight excluding hydrogens is 450 g/mol. The van der Waals surface area contributed by atoms with Crippen LogP contribution in [0.25, 0.3) is 10.9 Å². The molecule has 3 aromatic rings. The minimum Gasteiger partial charge on any atom is -0.394 e. The molecule has 34 heavy (non-hydrogen) atoms. The van der Waals surface area contributed by atoms with Crippen LogP contribution in [0.15, 0.2) is 54.7 Å². The monoisotopic (exact) mass is 485 g/mol. The van der Waals surface area contributed by atoms with Gasteiger partial charge in [-0.15, -0.1) is 0 Å². The van der Waals surface area contributed by atoms with Gasteiger partial charge in [0.1, 0.15) is 0 Å². The van der Waals surface area contributed by atoms with Crippen LogP contribution in [0, 0.1) is 0 Å². The number of H-pyrrole nitrogens is 1. The van der Waals surface area contributed by atoms with E-state index in [0.29, 0.717) is 31.3 Å². The van der Waals surface area contributed by atoms with Crippen molar-refractivity contribution in [2.45, 2.75) is 38.8 Å². The molecule has 1 heterocycles. The van der Waals surface area contributed by atoms with Crippen LogP contribution in [-0.2, 0) is 22.5 Å². The highest BCUT2D eigenvalue weighted by atomic mass is 35.5. The van der Waals surface area contributed by atoms with Crippen molar-refractivity contribution < 1.29 is 14.6 Å². The third kappa shape index (κ3) is 7.06. The minimum absolute atomic E-state index is 0.0280. The summed E-state index contributed by atoms with van der Waals surface area (Å²) in [6, 6.07) is 15.8. The van der Waals surface area contributed by atoms with Crippen LogP contribution in [0.4, 0.5) is 0 Å². The molecule has 6 nitrogen and oxygen atoms in total. The number of fused-ring (bicyclic) bond motifs is 1. The second kappa shape index (κ2) is 12.4. The summed E-state index contributed by atoms with van der Waals surface area (Å²) in [5, 5.41) is 11.8. The van der Waals surface area contributed by atoms with Gasteiger partial charge < -0.3 is 19.7 Å². The number of benzene rings is 2. The van der Waals surface area contributed by atoms with Gasteiger partial charge in [-0.2, -0.15) is 0 Å². The summed E-state index contributed by atoms with van der Waals surface area (Å²) >= 11 is 6.07. The lowest BCUT2D eigenvalue weighted by molar-refractivity contribution is -0.135. The molecule has 0 aliphatic heterocycles. The number of aliphatic hydroxyl groups is 1. The maximum absolute atomic E-state index is 13.6. The number of aromatic nitrogens is 1. The Hall–Kier alpha value is -2.38. The molecule has 1 aromatic heterocycles. The zero-order valence-electron chi connectivity index (χ0n) is 20.4. The van der Waals surface area contributed by atoms with E-state index in [-0.39, 0.29) is 19.1 Å². The molecule has 0 saturated heterocycles. The molecule has 0 saturated carbocycles. The number of rotatable bonds is 13. The number of hydrogen-bond donors (Lipinski definition) is 2. The Labute approximate surface area is 207 Å². The highest BCUT2D eigenvalue weighted by molar-refractivity contribution is 6.30. The van der Waals surface area contributed by atoms with Gasteiger partial charge in [0, 0.05) is 61.0 Å². The number of hydrogen-bond acceptors (Lipinski definition) is 4. The number of nitrogens with zero attached hydrogens (tertiary/aromatic N) is 2. The number of amides is 1. The topological polar surface area (TPSA) is 68.8 Å². The summed E-state index contributed by atoms with van der Waals surface area (Å²) in [5.74, 6) is 0.0359. The van der Waals surface area contributed by atoms with Crippen molar-refractivity contribution in [2.75, 3.05) is 40.0 Å². The lowest BCUT2D eigenvalue weighted by Gasteiger charge is -2.38. The van der Waals surface area contributed by atoms with E-state index in [0.717, 1.165) is 23.9 Å². The summed E-state index contributed by atoms with van der Waals surface area (Å²) in [5.41, 5.74) is 2.81. The zero-order chi connectivity index (χ0) is 24.6. The maximum atomic E-state index is 13.6. The van der Waals surface area contributed by atoms with Gasteiger partial charge in [-0.1, -0.05) is 41.9 Å². The molecule has 184 valence electrons. The summed E-state index contributed by atoms with van der Waals surface area (Å²) < 4.78 is 5.20. The Balaban J connectivity index is 1.77. The predicted octanol–water partition coefficient (Wildman–Crippen LogP) is 4.50. The van der Waals surface area contributed by atoms with E-state index in [1.54, 1.807) is 7.11 Å². The van der Waals surface area contributed by atoms with Gasteiger partial charge in [-0.3, -0.25) is 9.69 Å². The van der Waals surface area contributed by atoms with Crippen LogP contribution in [0.5, 0.6) is 0 Å². The molecular formula is C27H36ClN3O3. The number of carbonyl (C=O) groups excluding carboxylic acids is 1. The quantitative estimate of drug-likeness (QED) is 0.350. The van der Waals surface area contributed by atoms with Crippen molar-refractivity contribution in [1.82, 2.24) is 14.8 Å². The van der Waals surface area contributed by atoms with Crippen LogP contribution >= 0.6 is 11.6 Å². The summed E-state index contributed by atoms with van der Waals surface area (Å²) in [4.78, 5) is 20.9. The Bertz CT molecular complexity index is 1050. The van der Waals surface area contributed by atoms with Gasteiger partial charge in [-0.25, -0.2) is 0 Å². The van der Waals surface area contributed by atoms with E-state index >= 15 is 0 Å². The first-order chi connectivity index (χ1) is 16.3. The number of aromatic amines is 1. The normalized spacial score (nSPS) is 11.9. The molecule has 3 rings (SSSR count). The molecule has 0 radical (unpaired) electrons. The van der Waals surface area contributed by atoms with Gasteiger partial charge >= 0.3 is 0 Å². The third-order valence-electron chi connectivity index (χ3n) is 6.31. The van der Waals surface area contributed by atoms with Crippen molar-refractivity contribution in [3.63, 3.8) is 0 Å². The van der Waals surface area contributed by atoms with Crippen molar-refractivity contribution >= 4 is 28.4 Å². The van der Waals surface area contributed by atoms with Crippen molar-refractivity contribution in [1.29, 1.82) is 0 Å². The first kappa shape index (κ1) is 26.2. The van der Waals surface area contributed by atoms with Gasteiger partial charge in [-0.05, 0) is 56.0 Å². The van der Waals surface area contributed by atoms with E-state index in [4.69, 9.17) is 16.3 Å². The molecule has 2 N–H and O–H groups in total. The van der Waals surface area contributed by atoms with E-state index in [1.165, 1.54) is 10.9 Å². The molecule has 0 atom stereocenters. The van der Waals surface area contributed by atoms with Crippen LogP contribution in [0.2, 0.25) is 5.02 Å². The Kier molecular flexibility index (Phi) is 9.54. The van der Waals surface area contributed by atoms with Crippen LogP contribution in [0.1, 0.15) is 31.4 Å². The molecule has 0 unspecified atom stereocenters. The Morgan fingerprint density at radius 1 is 1.12 bits per heavy atom. The smallest absolute Gasteiger partial charge is 0.237 e. The number of para-hydroxylation sites is 1. The Morgan fingerprint density at radius 3 is 2.56 bits per heavy atom. The SMILES string of the molecule is COCCCN(CC(=O)N(CCc1c[nH]c2ccccc12)Cc1ccc(Cl)cc1)C(C)(C)CO. The van der Waals surface area contributed by atoms with Crippen LogP contribution < -0.4 is 0 Å². The van der Waals surface area contributed by atoms with Crippen LogP contribution in [0.3, 0.4) is 0 Å². The second-order valence-electron chi connectivity index (χ2n) is 9.29. The highest BCUT2D eigenvalue weighted by Crippen LogP contribution is 2.20. The molecule has 0 aliphatic carbocycles. The fraction of sp³-hybridized carbons (Fsp3) is 0.444. The molecule has 2 aromatic carbocycles. The summed E-state index contributed by atoms with van der Waals surface area (Å²) in [6.07, 6.45) is 3.57. The van der Waals surface area contributed by atoms with E-state index < -0.39 is 5.54 Å². The molecule has 0 aliphatic rings. The first-order valence-electron chi connectivity index (χ1n) is 11.8. The molecule has 1 amide bonds. The van der Waals surface area contributed by atoms with Gasteiger partial charge in [0.15, 0.2) is 0 Å². The maximum Gasteiger partial charge on any atom is 0.237 e. The number of methoxy groups -OCH3 is 1. The fourth-order valence-corrected chi connectivity index (χ4v) is 4.18. The molecule has 7 heteroatoms. The average molecular weight is 486 g/mol. The average Bonchev–Trinajstić information content (AvgIpc) is 3.25. The summed E-state index contributed by atoms with van der Waals surface area (Å²) in [7, 11) is 1.67. The van der Waals surface area contributed by atoms with E-state index in [9.17, 15) is 9.90 Å². The lowest BCUT2D eigenvalue weighted by Crippen LogP contribution is -2.52.